The van der Waals surface area contributed by atoms with Crippen molar-refractivity contribution in [2.45, 2.75) is 25.4 Å². The van der Waals surface area contributed by atoms with E-state index in [4.69, 9.17) is 4.74 Å². The van der Waals surface area contributed by atoms with Crippen LogP contribution in [0.25, 0.3) is 0 Å². The Morgan fingerprint density at radius 1 is 1.44 bits per heavy atom. The molecule has 2 aliphatic rings. The van der Waals surface area contributed by atoms with Crippen molar-refractivity contribution in [2.24, 2.45) is 13.0 Å². The van der Waals surface area contributed by atoms with Gasteiger partial charge < -0.3 is 14.7 Å². The number of amides is 1. The van der Waals surface area contributed by atoms with Gasteiger partial charge in [-0.05, 0) is 23.3 Å². The lowest BCUT2D eigenvalue weighted by Gasteiger charge is -2.27. The Bertz CT molecular complexity index is 845. The van der Waals surface area contributed by atoms with E-state index < -0.39 is 17.9 Å². The molecule has 0 spiro atoms. The Labute approximate surface area is 144 Å². The SMILES string of the molecule is Cn1cc(CN2C(=O)C[C@H](C(=O)O)[C@@H]2c2ccc3c(c2)CCO3)cn1. The summed E-state index contributed by atoms with van der Waals surface area (Å²) in [5, 5.41) is 13.8. The van der Waals surface area contributed by atoms with Crippen LogP contribution in [0.3, 0.4) is 0 Å². The van der Waals surface area contributed by atoms with Gasteiger partial charge in [0.1, 0.15) is 5.75 Å². The molecule has 25 heavy (non-hydrogen) atoms. The maximum atomic E-state index is 12.5. The third-order valence-corrected chi connectivity index (χ3v) is 4.92. The van der Waals surface area contributed by atoms with Crippen molar-refractivity contribution in [2.75, 3.05) is 6.61 Å². The standard InChI is InChI=1S/C18H19N3O4/c1-20-9-11(8-19-20)10-21-16(22)7-14(18(23)24)17(21)13-2-3-15-12(6-13)4-5-25-15/h2-3,6,8-9,14,17H,4-5,7,10H2,1H3,(H,23,24)/t14-,17-/m0/s1. The summed E-state index contributed by atoms with van der Waals surface area (Å²) in [6.45, 7) is 0.999. The highest BCUT2D eigenvalue weighted by Crippen LogP contribution is 2.41. The molecule has 4 rings (SSSR count). The van der Waals surface area contributed by atoms with Gasteiger partial charge in [0.15, 0.2) is 0 Å². The first-order chi connectivity index (χ1) is 12.0. The quantitative estimate of drug-likeness (QED) is 0.912. The molecule has 7 nitrogen and oxygen atoms in total. The molecule has 0 radical (unpaired) electrons. The van der Waals surface area contributed by atoms with E-state index in [0.717, 1.165) is 28.9 Å². The second-order valence-electron chi connectivity index (χ2n) is 6.60. The van der Waals surface area contributed by atoms with Crippen molar-refractivity contribution in [1.82, 2.24) is 14.7 Å². The number of hydrogen-bond donors (Lipinski definition) is 1. The summed E-state index contributed by atoms with van der Waals surface area (Å²) in [6, 6.07) is 5.26. The van der Waals surface area contributed by atoms with Gasteiger partial charge in [0.25, 0.3) is 0 Å². The average molecular weight is 341 g/mol. The fraction of sp³-hybridized carbons (Fsp3) is 0.389. The number of likely N-dealkylation sites (tertiary alicyclic amines) is 1. The Hall–Kier alpha value is -2.83. The molecule has 1 fully saturated rings. The van der Waals surface area contributed by atoms with Gasteiger partial charge in [-0.3, -0.25) is 14.3 Å². The zero-order valence-corrected chi connectivity index (χ0v) is 13.9. The van der Waals surface area contributed by atoms with Crippen LogP contribution in [-0.4, -0.2) is 38.3 Å². The summed E-state index contributed by atoms with van der Waals surface area (Å²) in [5.74, 6) is -0.981. The largest absolute Gasteiger partial charge is 0.493 e. The van der Waals surface area contributed by atoms with E-state index in [1.807, 2.05) is 31.4 Å². The monoisotopic (exact) mass is 341 g/mol. The number of aromatic nitrogens is 2. The smallest absolute Gasteiger partial charge is 0.309 e. The van der Waals surface area contributed by atoms with Crippen molar-refractivity contribution in [3.63, 3.8) is 0 Å². The number of carbonyl (C=O) groups excluding carboxylic acids is 1. The summed E-state index contributed by atoms with van der Waals surface area (Å²) >= 11 is 0. The van der Waals surface area contributed by atoms with Crippen LogP contribution in [0.4, 0.5) is 0 Å². The van der Waals surface area contributed by atoms with Crippen LogP contribution in [0.2, 0.25) is 0 Å². The molecule has 3 heterocycles. The molecule has 0 unspecified atom stereocenters. The number of carboxylic acid groups (broad SMARTS) is 1. The van der Waals surface area contributed by atoms with Crippen LogP contribution in [0.1, 0.15) is 29.2 Å². The maximum Gasteiger partial charge on any atom is 0.309 e. The molecule has 1 N–H and O–H groups in total. The highest BCUT2D eigenvalue weighted by molar-refractivity contribution is 5.87. The molecule has 1 amide bonds. The number of hydrogen-bond acceptors (Lipinski definition) is 4. The van der Waals surface area contributed by atoms with Gasteiger partial charge in [-0.25, -0.2) is 0 Å². The normalized spacial score (nSPS) is 22.1. The molecule has 2 aliphatic heterocycles. The van der Waals surface area contributed by atoms with Gasteiger partial charge in [0, 0.05) is 38.2 Å². The van der Waals surface area contributed by atoms with Gasteiger partial charge in [-0.15, -0.1) is 0 Å². The van der Waals surface area contributed by atoms with E-state index >= 15 is 0 Å². The molecule has 0 saturated carbocycles. The van der Waals surface area contributed by atoms with Gasteiger partial charge in [0.2, 0.25) is 5.91 Å². The minimum absolute atomic E-state index is 0.0217. The molecule has 0 bridgehead atoms. The average Bonchev–Trinajstić information content (AvgIpc) is 3.27. The second kappa shape index (κ2) is 5.91. The van der Waals surface area contributed by atoms with E-state index in [2.05, 4.69) is 5.10 Å². The van der Waals surface area contributed by atoms with Crippen LogP contribution in [0.15, 0.2) is 30.6 Å². The molecule has 7 heteroatoms. The van der Waals surface area contributed by atoms with Crippen molar-refractivity contribution < 1.29 is 19.4 Å². The Balaban J connectivity index is 1.70. The third kappa shape index (κ3) is 2.75. The molecule has 130 valence electrons. The van der Waals surface area contributed by atoms with Crippen LogP contribution < -0.4 is 4.74 Å². The molecule has 1 aromatic carbocycles. The number of benzene rings is 1. The second-order valence-corrected chi connectivity index (χ2v) is 6.60. The minimum Gasteiger partial charge on any atom is -0.493 e. The zero-order chi connectivity index (χ0) is 17.6. The maximum absolute atomic E-state index is 12.5. The Morgan fingerprint density at radius 2 is 2.28 bits per heavy atom. The van der Waals surface area contributed by atoms with E-state index in [1.54, 1.807) is 15.8 Å². The van der Waals surface area contributed by atoms with E-state index in [0.29, 0.717) is 13.2 Å². The van der Waals surface area contributed by atoms with Crippen LogP contribution in [0.5, 0.6) is 5.75 Å². The Morgan fingerprint density at radius 3 is 3.00 bits per heavy atom. The first-order valence-corrected chi connectivity index (χ1v) is 8.28. The topological polar surface area (TPSA) is 84.7 Å². The highest BCUT2D eigenvalue weighted by Gasteiger charge is 2.44. The van der Waals surface area contributed by atoms with Gasteiger partial charge in [0.05, 0.1) is 24.8 Å². The summed E-state index contributed by atoms with van der Waals surface area (Å²) in [6.07, 6.45) is 4.38. The number of rotatable bonds is 4. The molecule has 1 aromatic heterocycles. The molecule has 2 atom stereocenters. The summed E-state index contributed by atoms with van der Waals surface area (Å²) in [7, 11) is 1.81. The number of fused-ring (bicyclic) bond motifs is 1. The van der Waals surface area contributed by atoms with Crippen LogP contribution >= 0.6 is 0 Å². The lowest BCUT2D eigenvalue weighted by molar-refractivity contribution is -0.142. The third-order valence-electron chi connectivity index (χ3n) is 4.92. The predicted octanol–water partition coefficient (Wildman–Crippen LogP) is 1.53. The van der Waals surface area contributed by atoms with Crippen molar-refractivity contribution in [1.29, 1.82) is 0 Å². The summed E-state index contributed by atoms with van der Waals surface area (Å²) < 4.78 is 7.20. The van der Waals surface area contributed by atoms with Crippen LogP contribution in [0, 0.1) is 5.92 Å². The number of carbonyl (C=O) groups is 2. The molecular weight excluding hydrogens is 322 g/mol. The number of aliphatic carboxylic acids is 1. The highest BCUT2D eigenvalue weighted by atomic mass is 16.5. The lowest BCUT2D eigenvalue weighted by Crippen LogP contribution is -2.30. The molecule has 1 saturated heterocycles. The lowest BCUT2D eigenvalue weighted by atomic mass is 9.92. The first-order valence-electron chi connectivity index (χ1n) is 8.28. The fourth-order valence-electron chi connectivity index (χ4n) is 3.75. The van der Waals surface area contributed by atoms with E-state index in [1.165, 1.54) is 0 Å². The van der Waals surface area contributed by atoms with Crippen LogP contribution in [-0.2, 0) is 29.6 Å². The van der Waals surface area contributed by atoms with Gasteiger partial charge >= 0.3 is 5.97 Å². The number of aryl methyl sites for hydroxylation is 1. The minimum atomic E-state index is -0.941. The number of nitrogens with zero attached hydrogens (tertiary/aromatic N) is 3. The molecular formula is C18H19N3O4. The predicted molar refractivity (Wildman–Crippen MR) is 87.9 cm³/mol. The van der Waals surface area contributed by atoms with E-state index in [-0.39, 0.29) is 12.3 Å². The summed E-state index contributed by atoms with van der Waals surface area (Å²) in [5.41, 5.74) is 2.81. The van der Waals surface area contributed by atoms with E-state index in [9.17, 15) is 14.7 Å². The summed E-state index contributed by atoms with van der Waals surface area (Å²) in [4.78, 5) is 25.9. The van der Waals surface area contributed by atoms with Gasteiger partial charge in [-0.1, -0.05) is 6.07 Å². The van der Waals surface area contributed by atoms with Crippen molar-refractivity contribution >= 4 is 11.9 Å². The Kier molecular flexibility index (Phi) is 3.71. The van der Waals surface area contributed by atoms with Crippen molar-refractivity contribution in [3.8, 4) is 5.75 Å². The fourth-order valence-corrected chi connectivity index (χ4v) is 3.75. The van der Waals surface area contributed by atoms with Gasteiger partial charge in [-0.2, -0.15) is 5.10 Å². The number of ether oxygens (including phenoxy) is 1. The van der Waals surface area contributed by atoms with Crippen molar-refractivity contribution in [3.05, 3.63) is 47.3 Å². The number of carboxylic acids is 1. The molecule has 2 aromatic rings. The molecule has 0 aliphatic carbocycles. The first kappa shape index (κ1) is 15.7. The zero-order valence-electron chi connectivity index (χ0n) is 13.9.